The maximum absolute atomic E-state index is 12.5. The number of aromatic nitrogens is 4. The highest BCUT2D eigenvalue weighted by Gasteiger charge is 2.23. The zero-order valence-electron chi connectivity index (χ0n) is 15.0. The molecule has 0 saturated heterocycles. The van der Waals surface area contributed by atoms with Crippen molar-refractivity contribution in [2.45, 2.75) is 62.4 Å². The van der Waals surface area contributed by atoms with Crippen molar-refractivity contribution < 1.29 is 9.59 Å². The Labute approximate surface area is 156 Å². The molecular formula is C18H23N5O2S. The van der Waals surface area contributed by atoms with Crippen LogP contribution < -0.4 is 5.32 Å². The quantitative estimate of drug-likeness (QED) is 0.616. The lowest BCUT2D eigenvalue weighted by Gasteiger charge is -2.22. The summed E-state index contributed by atoms with van der Waals surface area (Å²) in [4.78, 5) is 23.8. The second-order valence-corrected chi connectivity index (χ2v) is 7.89. The number of benzene rings is 1. The number of anilines is 1. The molecule has 26 heavy (non-hydrogen) atoms. The number of hydrogen-bond donors (Lipinski definition) is 1. The first-order valence-corrected chi connectivity index (χ1v) is 9.79. The second kappa shape index (κ2) is 8.44. The first kappa shape index (κ1) is 18.6. The largest absolute Gasteiger partial charge is 0.325 e. The van der Waals surface area contributed by atoms with E-state index in [2.05, 4.69) is 20.8 Å². The van der Waals surface area contributed by atoms with Crippen molar-refractivity contribution in [3.05, 3.63) is 29.8 Å². The third-order valence-corrected chi connectivity index (χ3v) is 5.64. The fourth-order valence-electron chi connectivity index (χ4n) is 3.06. The molecule has 1 fully saturated rings. The standard InChI is InChI=1S/C18H23N5O2S/c1-12(24)14-8-10-15(11-9-14)19-17(25)13(2)26-18-20-21-22-23(18)16-6-4-3-5-7-16/h8-11,13,16H,3-7H2,1-2H3,(H,19,25). The molecule has 138 valence electrons. The smallest absolute Gasteiger partial charge is 0.237 e. The Morgan fingerprint density at radius 2 is 1.88 bits per heavy atom. The molecule has 2 aromatic rings. The Balaban J connectivity index is 1.61. The molecule has 1 aliphatic carbocycles. The van der Waals surface area contributed by atoms with E-state index < -0.39 is 0 Å². The highest BCUT2D eigenvalue weighted by Crippen LogP contribution is 2.31. The molecular weight excluding hydrogens is 350 g/mol. The second-order valence-electron chi connectivity index (χ2n) is 6.58. The highest BCUT2D eigenvalue weighted by molar-refractivity contribution is 8.00. The predicted molar refractivity (Wildman–Crippen MR) is 100 cm³/mol. The number of nitrogens with zero attached hydrogens (tertiary/aromatic N) is 4. The SMILES string of the molecule is CC(=O)c1ccc(NC(=O)C(C)Sc2nnnn2C2CCCCC2)cc1. The molecule has 0 radical (unpaired) electrons. The number of amides is 1. The molecule has 1 aromatic heterocycles. The maximum atomic E-state index is 12.5. The topological polar surface area (TPSA) is 89.8 Å². The van der Waals surface area contributed by atoms with Crippen LogP contribution in [-0.2, 0) is 4.79 Å². The van der Waals surface area contributed by atoms with E-state index in [1.165, 1.54) is 37.9 Å². The molecule has 0 spiro atoms. The van der Waals surface area contributed by atoms with Gasteiger partial charge in [-0.2, -0.15) is 0 Å². The summed E-state index contributed by atoms with van der Waals surface area (Å²) in [6.07, 6.45) is 5.83. The van der Waals surface area contributed by atoms with E-state index in [9.17, 15) is 9.59 Å². The molecule has 8 heteroatoms. The van der Waals surface area contributed by atoms with Crippen LogP contribution in [0.15, 0.2) is 29.4 Å². The van der Waals surface area contributed by atoms with Crippen LogP contribution in [0.3, 0.4) is 0 Å². The number of nitrogens with one attached hydrogen (secondary N) is 1. The Hall–Kier alpha value is -2.22. The van der Waals surface area contributed by atoms with Crippen LogP contribution >= 0.6 is 11.8 Å². The highest BCUT2D eigenvalue weighted by atomic mass is 32.2. The fraction of sp³-hybridized carbons (Fsp3) is 0.500. The van der Waals surface area contributed by atoms with Crippen molar-refractivity contribution in [1.29, 1.82) is 0 Å². The lowest BCUT2D eigenvalue weighted by molar-refractivity contribution is -0.115. The monoisotopic (exact) mass is 373 g/mol. The summed E-state index contributed by atoms with van der Waals surface area (Å²) >= 11 is 1.37. The average molecular weight is 373 g/mol. The molecule has 1 N–H and O–H groups in total. The van der Waals surface area contributed by atoms with Gasteiger partial charge in [0.2, 0.25) is 11.1 Å². The molecule has 3 rings (SSSR count). The van der Waals surface area contributed by atoms with Crippen molar-refractivity contribution >= 4 is 29.1 Å². The Bertz CT molecular complexity index is 768. The van der Waals surface area contributed by atoms with Crippen LogP contribution in [-0.4, -0.2) is 37.1 Å². The molecule has 0 aliphatic heterocycles. The van der Waals surface area contributed by atoms with E-state index in [1.807, 2.05) is 11.6 Å². The molecule has 1 unspecified atom stereocenters. The van der Waals surface area contributed by atoms with Crippen LogP contribution in [0.2, 0.25) is 0 Å². The van der Waals surface area contributed by atoms with Crippen LogP contribution in [0.5, 0.6) is 0 Å². The van der Waals surface area contributed by atoms with E-state index in [0.29, 0.717) is 22.4 Å². The van der Waals surface area contributed by atoms with E-state index >= 15 is 0 Å². The van der Waals surface area contributed by atoms with Gasteiger partial charge < -0.3 is 5.32 Å². The van der Waals surface area contributed by atoms with Gasteiger partial charge in [0.05, 0.1) is 11.3 Å². The molecule has 1 amide bonds. The van der Waals surface area contributed by atoms with Gasteiger partial charge in [-0.25, -0.2) is 4.68 Å². The molecule has 1 aromatic carbocycles. The number of thioether (sulfide) groups is 1. The van der Waals surface area contributed by atoms with Crippen molar-refractivity contribution in [2.75, 3.05) is 5.32 Å². The van der Waals surface area contributed by atoms with Gasteiger partial charge in [-0.1, -0.05) is 31.0 Å². The van der Waals surface area contributed by atoms with Crippen LogP contribution in [0, 0.1) is 0 Å². The number of Topliss-reactive ketones (excluding diaryl/α,β-unsaturated/α-hetero) is 1. The summed E-state index contributed by atoms with van der Waals surface area (Å²) in [7, 11) is 0. The van der Waals surface area contributed by atoms with Gasteiger partial charge in [-0.05, 0) is 61.4 Å². The summed E-state index contributed by atoms with van der Waals surface area (Å²) in [5.41, 5.74) is 1.29. The number of tetrazole rings is 1. The molecule has 1 heterocycles. The first-order chi connectivity index (χ1) is 12.5. The van der Waals surface area contributed by atoms with E-state index in [1.54, 1.807) is 24.3 Å². The minimum atomic E-state index is -0.337. The van der Waals surface area contributed by atoms with Crippen LogP contribution in [0.4, 0.5) is 5.69 Å². The maximum Gasteiger partial charge on any atom is 0.237 e. The number of hydrogen-bond acceptors (Lipinski definition) is 6. The Kier molecular flexibility index (Phi) is 6.03. The van der Waals surface area contributed by atoms with Crippen molar-refractivity contribution in [3.63, 3.8) is 0 Å². The minimum absolute atomic E-state index is 0.00125. The summed E-state index contributed by atoms with van der Waals surface area (Å²) < 4.78 is 1.87. The van der Waals surface area contributed by atoms with Crippen molar-refractivity contribution in [3.8, 4) is 0 Å². The Morgan fingerprint density at radius 3 is 2.54 bits per heavy atom. The van der Waals surface area contributed by atoms with Crippen LogP contribution in [0.25, 0.3) is 0 Å². The van der Waals surface area contributed by atoms with Crippen LogP contribution in [0.1, 0.15) is 62.4 Å². The van der Waals surface area contributed by atoms with Gasteiger partial charge in [-0.3, -0.25) is 9.59 Å². The molecule has 0 bridgehead atoms. The van der Waals surface area contributed by atoms with Crippen molar-refractivity contribution in [1.82, 2.24) is 20.2 Å². The minimum Gasteiger partial charge on any atom is -0.325 e. The molecule has 1 aliphatic rings. The van der Waals surface area contributed by atoms with Gasteiger partial charge in [0.1, 0.15) is 0 Å². The number of rotatable bonds is 6. The lowest BCUT2D eigenvalue weighted by atomic mass is 9.96. The van der Waals surface area contributed by atoms with Gasteiger partial charge in [0.15, 0.2) is 5.78 Å². The number of carbonyl (C=O) groups is 2. The third-order valence-electron chi connectivity index (χ3n) is 4.59. The predicted octanol–water partition coefficient (Wildman–Crippen LogP) is 3.50. The first-order valence-electron chi connectivity index (χ1n) is 8.91. The third kappa shape index (κ3) is 4.49. The van der Waals surface area contributed by atoms with Gasteiger partial charge in [0, 0.05) is 11.3 Å². The summed E-state index contributed by atoms with van der Waals surface area (Å²) in [5.74, 6) is -0.120. The zero-order valence-corrected chi connectivity index (χ0v) is 15.8. The zero-order chi connectivity index (χ0) is 18.5. The average Bonchev–Trinajstić information content (AvgIpc) is 3.11. The van der Waals surface area contributed by atoms with E-state index in [-0.39, 0.29) is 16.9 Å². The molecule has 1 saturated carbocycles. The number of ketones is 1. The van der Waals surface area contributed by atoms with E-state index in [4.69, 9.17) is 0 Å². The van der Waals surface area contributed by atoms with E-state index in [0.717, 1.165) is 12.8 Å². The van der Waals surface area contributed by atoms with Gasteiger partial charge in [0.25, 0.3) is 0 Å². The molecule has 7 nitrogen and oxygen atoms in total. The van der Waals surface area contributed by atoms with Crippen molar-refractivity contribution in [2.24, 2.45) is 0 Å². The normalized spacial score (nSPS) is 16.2. The van der Waals surface area contributed by atoms with Gasteiger partial charge in [-0.15, -0.1) is 5.10 Å². The summed E-state index contributed by atoms with van der Waals surface area (Å²) in [6, 6.07) is 7.21. The van der Waals surface area contributed by atoms with Gasteiger partial charge >= 0.3 is 0 Å². The summed E-state index contributed by atoms with van der Waals surface area (Å²) in [6.45, 7) is 3.35. The number of carbonyl (C=O) groups excluding carboxylic acids is 2. The Morgan fingerprint density at radius 1 is 1.19 bits per heavy atom. The summed E-state index contributed by atoms with van der Waals surface area (Å²) in [5, 5.41) is 15.3. The fourth-order valence-corrected chi connectivity index (χ4v) is 3.92. The lowest BCUT2D eigenvalue weighted by Crippen LogP contribution is -2.23. The molecule has 1 atom stereocenters.